The van der Waals surface area contributed by atoms with E-state index in [2.05, 4.69) is 10.3 Å². The lowest BCUT2D eigenvalue weighted by Crippen LogP contribution is -2.48. The maximum Gasteiger partial charge on any atom is 0.317 e. The van der Waals surface area contributed by atoms with Crippen LogP contribution in [0.5, 0.6) is 0 Å². The molecule has 1 fully saturated rings. The lowest BCUT2D eigenvalue weighted by Gasteiger charge is -2.26. The predicted octanol–water partition coefficient (Wildman–Crippen LogP) is -0.323. The number of carboxylic acid groups (broad SMARTS) is 1. The van der Waals surface area contributed by atoms with Gasteiger partial charge in [0.1, 0.15) is 5.92 Å². The van der Waals surface area contributed by atoms with E-state index in [0.29, 0.717) is 5.69 Å². The van der Waals surface area contributed by atoms with Gasteiger partial charge in [-0.25, -0.2) is 4.79 Å². The van der Waals surface area contributed by atoms with Gasteiger partial charge in [-0.2, -0.15) is 0 Å². The molecule has 2 amide bonds. The van der Waals surface area contributed by atoms with Gasteiger partial charge >= 0.3 is 16.9 Å². The molecule has 2 atom stereocenters. The van der Waals surface area contributed by atoms with Crippen molar-refractivity contribution in [2.75, 3.05) is 20.3 Å². The van der Waals surface area contributed by atoms with E-state index in [1.807, 2.05) is 0 Å². The molecular weight excluding hydrogens is 286 g/mol. The number of amides is 2. The summed E-state index contributed by atoms with van der Waals surface area (Å²) in [5.74, 6) is -1.69. The molecule has 2 unspecified atom stereocenters. The first-order valence-corrected chi connectivity index (χ1v) is 6.85. The van der Waals surface area contributed by atoms with Crippen LogP contribution in [0.15, 0.2) is 10.2 Å². The standard InChI is InChI=1S/C11H15N3O5S/c1-14(8-4-19-3-7(8)9(15)16)10(17)12-2-6-5-20-11(18)13-6/h5,7-8H,2-4H2,1H3,(H,12,17)(H,13,18)(H,15,16). The van der Waals surface area contributed by atoms with Gasteiger partial charge in [-0.05, 0) is 0 Å². The molecule has 3 N–H and O–H groups in total. The molecule has 1 saturated heterocycles. The highest BCUT2D eigenvalue weighted by Crippen LogP contribution is 2.19. The number of aromatic amines is 1. The van der Waals surface area contributed by atoms with E-state index in [1.54, 1.807) is 5.38 Å². The third-order valence-corrected chi connectivity index (χ3v) is 3.90. The third-order valence-electron chi connectivity index (χ3n) is 3.19. The summed E-state index contributed by atoms with van der Waals surface area (Å²) < 4.78 is 5.12. The van der Waals surface area contributed by atoms with Gasteiger partial charge in [0.2, 0.25) is 0 Å². The Morgan fingerprint density at radius 3 is 2.95 bits per heavy atom. The van der Waals surface area contributed by atoms with Crippen LogP contribution >= 0.6 is 11.3 Å². The van der Waals surface area contributed by atoms with Crippen LogP contribution < -0.4 is 10.2 Å². The largest absolute Gasteiger partial charge is 0.481 e. The van der Waals surface area contributed by atoms with E-state index in [4.69, 9.17) is 9.84 Å². The van der Waals surface area contributed by atoms with Crippen LogP contribution in [0.3, 0.4) is 0 Å². The number of nitrogens with zero attached hydrogens (tertiary/aromatic N) is 1. The van der Waals surface area contributed by atoms with Crippen molar-refractivity contribution >= 4 is 23.3 Å². The summed E-state index contributed by atoms with van der Waals surface area (Å²) in [5, 5.41) is 13.3. The number of aromatic nitrogens is 1. The molecule has 110 valence electrons. The monoisotopic (exact) mass is 301 g/mol. The molecule has 1 aromatic heterocycles. The molecule has 1 aliphatic rings. The van der Waals surface area contributed by atoms with Crippen molar-refractivity contribution in [1.29, 1.82) is 0 Å². The average molecular weight is 301 g/mol. The summed E-state index contributed by atoms with van der Waals surface area (Å²) in [6.45, 7) is 0.499. The van der Waals surface area contributed by atoms with Crippen LogP contribution in [0.25, 0.3) is 0 Å². The Balaban J connectivity index is 1.91. The Morgan fingerprint density at radius 1 is 1.60 bits per heavy atom. The molecule has 0 radical (unpaired) electrons. The Kier molecular flexibility index (Phi) is 4.40. The van der Waals surface area contributed by atoms with Crippen LogP contribution in [-0.4, -0.2) is 53.3 Å². The third kappa shape index (κ3) is 3.17. The molecule has 0 saturated carbocycles. The number of nitrogens with one attached hydrogen (secondary N) is 2. The van der Waals surface area contributed by atoms with Gasteiger partial charge in [-0.3, -0.25) is 9.59 Å². The van der Waals surface area contributed by atoms with Gasteiger partial charge in [-0.15, -0.1) is 0 Å². The summed E-state index contributed by atoms with van der Waals surface area (Å²) in [4.78, 5) is 37.7. The average Bonchev–Trinajstić information content (AvgIpc) is 3.03. The molecule has 9 heteroatoms. The highest BCUT2D eigenvalue weighted by atomic mass is 32.1. The summed E-state index contributed by atoms with van der Waals surface area (Å²) in [6, 6.07) is -0.896. The molecule has 2 rings (SSSR count). The van der Waals surface area contributed by atoms with Gasteiger partial charge < -0.3 is 25.0 Å². The summed E-state index contributed by atoms with van der Waals surface area (Å²) in [6.07, 6.45) is 0. The van der Waals surface area contributed by atoms with Gasteiger partial charge in [0.15, 0.2) is 0 Å². The smallest absolute Gasteiger partial charge is 0.317 e. The van der Waals surface area contributed by atoms with Crippen molar-refractivity contribution in [2.24, 2.45) is 5.92 Å². The van der Waals surface area contributed by atoms with E-state index in [1.165, 1.54) is 11.9 Å². The second-order valence-corrected chi connectivity index (χ2v) is 5.33. The number of urea groups is 1. The van der Waals surface area contributed by atoms with Crippen molar-refractivity contribution in [3.63, 3.8) is 0 Å². The highest BCUT2D eigenvalue weighted by Gasteiger charge is 2.38. The lowest BCUT2D eigenvalue weighted by molar-refractivity contribution is -0.142. The zero-order valence-electron chi connectivity index (χ0n) is 10.8. The van der Waals surface area contributed by atoms with Crippen molar-refractivity contribution in [3.8, 4) is 0 Å². The van der Waals surface area contributed by atoms with Crippen LogP contribution in [-0.2, 0) is 16.1 Å². The fourth-order valence-corrected chi connectivity index (χ4v) is 2.59. The number of carboxylic acids is 1. The zero-order valence-corrected chi connectivity index (χ0v) is 11.6. The van der Waals surface area contributed by atoms with E-state index in [0.717, 1.165) is 11.3 Å². The van der Waals surface area contributed by atoms with Crippen molar-refractivity contribution in [1.82, 2.24) is 15.2 Å². The van der Waals surface area contributed by atoms with Gasteiger partial charge in [0, 0.05) is 18.1 Å². The topological polar surface area (TPSA) is 112 Å². The van der Waals surface area contributed by atoms with E-state index in [9.17, 15) is 14.4 Å². The Bertz CT molecular complexity index is 554. The van der Waals surface area contributed by atoms with Crippen molar-refractivity contribution in [3.05, 3.63) is 20.7 Å². The summed E-state index contributed by atoms with van der Waals surface area (Å²) >= 11 is 1.02. The number of carbonyl (C=O) groups excluding carboxylic acids is 1. The summed E-state index contributed by atoms with van der Waals surface area (Å²) in [7, 11) is 1.53. The quantitative estimate of drug-likeness (QED) is 0.705. The fraction of sp³-hybridized carbons (Fsp3) is 0.545. The first kappa shape index (κ1) is 14.5. The number of hydrogen-bond acceptors (Lipinski definition) is 5. The zero-order chi connectivity index (χ0) is 14.7. The minimum atomic E-state index is -0.977. The number of aliphatic carboxylic acids is 1. The molecule has 1 aliphatic heterocycles. The van der Waals surface area contributed by atoms with Gasteiger partial charge in [0.25, 0.3) is 0 Å². The van der Waals surface area contributed by atoms with Crippen LogP contribution in [0, 0.1) is 5.92 Å². The summed E-state index contributed by atoms with van der Waals surface area (Å²) in [5.41, 5.74) is 0.610. The van der Waals surface area contributed by atoms with E-state index >= 15 is 0 Å². The molecule has 0 bridgehead atoms. The number of ether oxygens (including phenoxy) is 1. The van der Waals surface area contributed by atoms with Gasteiger partial charge in [0.05, 0.1) is 25.8 Å². The first-order chi connectivity index (χ1) is 9.49. The van der Waals surface area contributed by atoms with Crippen LogP contribution in [0.2, 0.25) is 0 Å². The highest BCUT2D eigenvalue weighted by molar-refractivity contribution is 7.07. The van der Waals surface area contributed by atoms with E-state index < -0.39 is 24.0 Å². The van der Waals surface area contributed by atoms with Gasteiger partial charge in [-0.1, -0.05) is 11.3 Å². The van der Waals surface area contributed by atoms with Crippen molar-refractivity contribution in [2.45, 2.75) is 12.6 Å². The molecule has 0 spiro atoms. The fourth-order valence-electron chi connectivity index (χ4n) is 2.01. The number of H-pyrrole nitrogens is 1. The number of thiazole rings is 1. The lowest BCUT2D eigenvalue weighted by atomic mass is 10.0. The Hall–Kier alpha value is -1.87. The SMILES string of the molecule is CN(C(=O)NCc1csc(=O)[nH]1)C1COCC1C(=O)O. The Morgan fingerprint density at radius 2 is 2.35 bits per heavy atom. The maximum absolute atomic E-state index is 12.0. The minimum absolute atomic E-state index is 0.107. The molecule has 20 heavy (non-hydrogen) atoms. The number of likely N-dealkylation sites (N-methyl/N-ethyl adjacent to an activating group) is 1. The minimum Gasteiger partial charge on any atom is -0.481 e. The second kappa shape index (κ2) is 6.06. The van der Waals surface area contributed by atoms with Crippen LogP contribution in [0.1, 0.15) is 5.69 Å². The van der Waals surface area contributed by atoms with Crippen LogP contribution in [0.4, 0.5) is 4.79 Å². The maximum atomic E-state index is 12.0. The van der Waals surface area contributed by atoms with Crippen molar-refractivity contribution < 1.29 is 19.4 Å². The molecule has 2 heterocycles. The molecule has 0 aliphatic carbocycles. The predicted molar refractivity (Wildman–Crippen MR) is 70.7 cm³/mol. The first-order valence-electron chi connectivity index (χ1n) is 5.97. The Labute approximate surface area is 118 Å². The number of hydrogen-bond donors (Lipinski definition) is 3. The number of carbonyl (C=O) groups is 2. The molecular formula is C11H15N3O5S. The number of rotatable bonds is 4. The van der Waals surface area contributed by atoms with E-state index in [-0.39, 0.29) is 24.6 Å². The normalized spacial score (nSPS) is 21.6. The second-order valence-electron chi connectivity index (χ2n) is 4.49. The molecule has 1 aromatic rings. The molecule has 8 nitrogen and oxygen atoms in total. The molecule has 0 aromatic carbocycles.